The van der Waals surface area contributed by atoms with Crippen LogP contribution in [0, 0.1) is 13.8 Å². The lowest BCUT2D eigenvalue weighted by atomic mass is 10.1. The van der Waals surface area contributed by atoms with Crippen molar-refractivity contribution in [1.82, 2.24) is 5.32 Å². The summed E-state index contributed by atoms with van der Waals surface area (Å²) in [5.74, 6) is 0.180. The van der Waals surface area contributed by atoms with Gasteiger partial charge in [0.1, 0.15) is 12.4 Å². The molecule has 0 fully saturated rings. The highest BCUT2D eigenvalue weighted by atomic mass is 32.1. The van der Waals surface area contributed by atoms with Gasteiger partial charge in [-0.15, -0.1) is 0 Å². The Bertz CT molecular complexity index is 777. The van der Waals surface area contributed by atoms with Crippen molar-refractivity contribution in [1.29, 1.82) is 0 Å². The van der Waals surface area contributed by atoms with Crippen LogP contribution in [0.1, 0.15) is 28.4 Å². The van der Waals surface area contributed by atoms with E-state index in [0.717, 1.165) is 16.8 Å². The second kappa shape index (κ2) is 9.89. The number of nitrogens with one attached hydrogen (secondary N) is 2. The average Bonchev–Trinajstić information content (AvgIpc) is 2.63. The van der Waals surface area contributed by atoms with Crippen LogP contribution in [0.15, 0.2) is 42.5 Å². The van der Waals surface area contributed by atoms with E-state index in [2.05, 4.69) is 10.6 Å². The smallest absolute Gasteiger partial charge is 0.261 e. The fourth-order valence-corrected chi connectivity index (χ4v) is 2.55. The number of anilines is 1. The summed E-state index contributed by atoms with van der Waals surface area (Å²) >= 11 is 5.28. The van der Waals surface area contributed by atoms with Crippen LogP contribution in [-0.4, -0.2) is 30.8 Å². The molecule has 0 spiro atoms. The second-order valence-corrected chi connectivity index (χ2v) is 6.11. The number of thiocarbonyl (C=S) groups is 1. The number of ether oxygens (including phenoxy) is 2. The first-order chi connectivity index (χ1) is 12.5. The molecule has 5 nitrogen and oxygen atoms in total. The summed E-state index contributed by atoms with van der Waals surface area (Å²) in [6.07, 6.45) is 0. The molecule has 138 valence electrons. The van der Waals surface area contributed by atoms with Crippen molar-refractivity contribution in [3.8, 4) is 5.75 Å². The van der Waals surface area contributed by atoms with Gasteiger partial charge in [-0.2, -0.15) is 0 Å². The Morgan fingerprint density at radius 1 is 1.08 bits per heavy atom. The van der Waals surface area contributed by atoms with Crippen molar-refractivity contribution in [2.75, 3.05) is 25.1 Å². The summed E-state index contributed by atoms with van der Waals surface area (Å²) in [5, 5.41) is 6.02. The van der Waals surface area contributed by atoms with Crippen LogP contribution in [0.5, 0.6) is 5.75 Å². The third-order valence-electron chi connectivity index (χ3n) is 3.90. The molecule has 2 aromatic carbocycles. The van der Waals surface area contributed by atoms with E-state index in [1.54, 1.807) is 18.2 Å². The van der Waals surface area contributed by atoms with Crippen LogP contribution in [0.3, 0.4) is 0 Å². The maximum absolute atomic E-state index is 12.6. The Morgan fingerprint density at radius 2 is 1.85 bits per heavy atom. The fourth-order valence-electron chi connectivity index (χ4n) is 2.35. The Hall–Kier alpha value is -2.44. The summed E-state index contributed by atoms with van der Waals surface area (Å²) in [7, 11) is 0. The molecular formula is C20H24N2O3S. The van der Waals surface area contributed by atoms with Crippen molar-refractivity contribution in [2.24, 2.45) is 0 Å². The van der Waals surface area contributed by atoms with Crippen LogP contribution >= 0.6 is 12.2 Å². The largest absolute Gasteiger partial charge is 0.490 e. The van der Waals surface area contributed by atoms with Crippen molar-refractivity contribution < 1.29 is 14.3 Å². The first-order valence-corrected chi connectivity index (χ1v) is 8.92. The maximum Gasteiger partial charge on any atom is 0.261 e. The molecule has 2 N–H and O–H groups in total. The first-order valence-electron chi connectivity index (χ1n) is 8.51. The maximum atomic E-state index is 12.6. The molecule has 0 aliphatic heterocycles. The monoisotopic (exact) mass is 372 g/mol. The minimum atomic E-state index is -0.320. The van der Waals surface area contributed by atoms with Crippen molar-refractivity contribution in [2.45, 2.75) is 20.8 Å². The molecule has 0 unspecified atom stereocenters. The van der Waals surface area contributed by atoms with Gasteiger partial charge in [-0.05, 0) is 62.3 Å². The molecule has 0 aliphatic carbocycles. The highest BCUT2D eigenvalue weighted by Crippen LogP contribution is 2.19. The molecule has 1 amide bonds. The van der Waals surface area contributed by atoms with Crippen LogP contribution in [0.4, 0.5) is 5.69 Å². The number of hydrogen-bond donors (Lipinski definition) is 2. The van der Waals surface area contributed by atoms with Gasteiger partial charge in [0, 0.05) is 12.3 Å². The summed E-state index contributed by atoms with van der Waals surface area (Å²) in [5.41, 5.74) is 3.53. The zero-order valence-electron chi connectivity index (χ0n) is 15.3. The van der Waals surface area contributed by atoms with E-state index in [9.17, 15) is 4.79 Å². The number of hydrogen-bond acceptors (Lipinski definition) is 4. The Kier molecular flexibility index (Phi) is 7.56. The van der Waals surface area contributed by atoms with Crippen LogP contribution in [0.25, 0.3) is 0 Å². The lowest BCUT2D eigenvalue weighted by molar-refractivity contribution is 0.0958. The fraction of sp³-hybridized carbons (Fsp3) is 0.300. The van der Waals surface area contributed by atoms with E-state index >= 15 is 0 Å². The lowest BCUT2D eigenvalue weighted by Crippen LogP contribution is -2.34. The van der Waals surface area contributed by atoms with E-state index in [1.807, 2.05) is 45.0 Å². The summed E-state index contributed by atoms with van der Waals surface area (Å²) < 4.78 is 10.9. The summed E-state index contributed by atoms with van der Waals surface area (Å²) in [6, 6.07) is 12.9. The van der Waals surface area contributed by atoms with Gasteiger partial charge in [0.25, 0.3) is 5.91 Å². The minimum Gasteiger partial charge on any atom is -0.490 e. The summed E-state index contributed by atoms with van der Waals surface area (Å²) in [4.78, 5) is 12.6. The van der Waals surface area contributed by atoms with E-state index in [1.165, 1.54) is 0 Å². The molecule has 2 rings (SSSR count). The molecule has 0 atom stereocenters. The molecule has 0 heterocycles. The Labute approximate surface area is 159 Å². The van der Waals surface area contributed by atoms with Gasteiger partial charge < -0.3 is 14.8 Å². The first kappa shape index (κ1) is 19.9. The van der Waals surface area contributed by atoms with E-state index < -0.39 is 0 Å². The molecule has 2 aromatic rings. The van der Waals surface area contributed by atoms with Gasteiger partial charge in [0.15, 0.2) is 5.11 Å². The van der Waals surface area contributed by atoms with E-state index in [0.29, 0.717) is 31.1 Å². The number of para-hydroxylation sites is 1. The van der Waals surface area contributed by atoms with Gasteiger partial charge in [0.2, 0.25) is 0 Å². The predicted octanol–water partition coefficient (Wildman–Crippen LogP) is 3.85. The summed E-state index contributed by atoms with van der Waals surface area (Å²) in [6.45, 7) is 7.43. The Morgan fingerprint density at radius 3 is 2.62 bits per heavy atom. The number of aryl methyl sites for hydroxylation is 1. The molecule has 0 saturated heterocycles. The molecule has 0 aliphatic rings. The number of carbonyl (C=O) groups is 1. The second-order valence-electron chi connectivity index (χ2n) is 5.70. The van der Waals surface area contributed by atoms with Gasteiger partial charge in [-0.25, -0.2) is 0 Å². The molecule has 0 aromatic heterocycles. The molecule has 6 heteroatoms. The highest BCUT2D eigenvalue weighted by molar-refractivity contribution is 7.80. The topological polar surface area (TPSA) is 59.6 Å². The Balaban J connectivity index is 2.00. The van der Waals surface area contributed by atoms with Crippen LogP contribution < -0.4 is 15.4 Å². The van der Waals surface area contributed by atoms with E-state index in [-0.39, 0.29) is 11.0 Å². The lowest BCUT2D eigenvalue weighted by Gasteiger charge is -2.14. The van der Waals surface area contributed by atoms with Gasteiger partial charge in [-0.3, -0.25) is 10.1 Å². The average molecular weight is 372 g/mol. The van der Waals surface area contributed by atoms with Gasteiger partial charge in [0.05, 0.1) is 12.2 Å². The minimum absolute atomic E-state index is 0.243. The number of rotatable bonds is 7. The molecule has 0 saturated carbocycles. The van der Waals surface area contributed by atoms with Crippen molar-refractivity contribution >= 4 is 28.9 Å². The third-order valence-corrected chi connectivity index (χ3v) is 4.11. The third kappa shape index (κ3) is 5.54. The van der Waals surface area contributed by atoms with Gasteiger partial charge in [-0.1, -0.05) is 24.3 Å². The number of carbonyl (C=O) groups excluding carboxylic acids is 1. The molecule has 0 bridgehead atoms. The molecular weight excluding hydrogens is 348 g/mol. The number of benzene rings is 2. The van der Waals surface area contributed by atoms with E-state index in [4.69, 9.17) is 21.7 Å². The normalized spacial score (nSPS) is 10.3. The highest BCUT2D eigenvalue weighted by Gasteiger charge is 2.14. The van der Waals surface area contributed by atoms with Crippen molar-refractivity contribution in [3.05, 3.63) is 59.2 Å². The van der Waals surface area contributed by atoms with Crippen molar-refractivity contribution in [3.63, 3.8) is 0 Å². The molecule has 26 heavy (non-hydrogen) atoms. The zero-order valence-corrected chi connectivity index (χ0v) is 16.1. The quantitative estimate of drug-likeness (QED) is 0.571. The standard InChI is InChI=1S/C20H24N2O3S/c1-4-24-12-13-25-18-11-6-5-9-16(18)19(23)22-20(26)21-17-10-7-8-14(2)15(17)3/h5-11H,4,12-13H2,1-3H3,(H2,21,22,23,26). The number of amides is 1. The van der Waals surface area contributed by atoms with Gasteiger partial charge >= 0.3 is 0 Å². The SMILES string of the molecule is CCOCCOc1ccccc1C(=O)NC(=S)Nc1cccc(C)c1C. The van der Waals surface area contributed by atoms with Crippen LogP contribution in [0.2, 0.25) is 0 Å². The van der Waals surface area contributed by atoms with Crippen LogP contribution in [-0.2, 0) is 4.74 Å². The molecule has 0 radical (unpaired) electrons. The predicted molar refractivity (Wildman–Crippen MR) is 108 cm³/mol. The zero-order chi connectivity index (χ0) is 18.9.